The van der Waals surface area contributed by atoms with E-state index in [0.29, 0.717) is 0 Å². The van der Waals surface area contributed by atoms with Gasteiger partial charge in [0.05, 0.1) is 10.6 Å². The van der Waals surface area contributed by atoms with Gasteiger partial charge in [-0.25, -0.2) is 9.48 Å². The molecule has 0 spiro atoms. The maximum absolute atomic E-state index is 12.0. The smallest absolute Gasteiger partial charge is 0.331 e. The summed E-state index contributed by atoms with van der Waals surface area (Å²) in [4.78, 5) is 24.6. The van der Waals surface area contributed by atoms with E-state index in [1.807, 2.05) is 54.0 Å². The van der Waals surface area contributed by atoms with E-state index in [-0.39, 0.29) is 18.6 Å². The lowest BCUT2D eigenvalue weighted by Gasteiger charge is -2.02. The molecule has 0 bridgehead atoms. The molecule has 3 aromatic rings. The molecule has 28 heavy (non-hydrogen) atoms. The van der Waals surface area contributed by atoms with Crippen molar-refractivity contribution in [2.75, 3.05) is 6.61 Å². The molecule has 7 heteroatoms. The van der Waals surface area contributed by atoms with E-state index in [0.717, 1.165) is 34.7 Å². The normalized spacial score (nSPS) is 13.6. The highest BCUT2D eigenvalue weighted by Gasteiger charge is 2.23. The summed E-state index contributed by atoms with van der Waals surface area (Å²) < 4.78 is 6.79. The lowest BCUT2D eigenvalue weighted by molar-refractivity contribution is -0.143. The van der Waals surface area contributed by atoms with Crippen LogP contribution >= 0.6 is 11.3 Å². The minimum Gasteiger partial charge on any atom is -0.452 e. The SMILES string of the molecule is O=C(COC(=O)C=Cc1cn(-c2ccccc2)nc1-c1cccs1)NC1CC1. The van der Waals surface area contributed by atoms with Crippen molar-refractivity contribution in [3.8, 4) is 16.3 Å². The predicted molar refractivity (Wildman–Crippen MR) is 108 cm³/mol. The van der Waals surface area contributed by atoms with E-state index in [2.05, 4.69) is 10.4 Å². The zero-order chi connectivity index (χ0) is 19.3. The second-order valence-electron chi connectivity index (χ2n) is 6.47. The molecule has 2 aromatic heterocycles. The first kappa shape index (κ1) is 18.2. The van der Waals surface area contributed by atoms with E-state index >= 15 is 0 Å². The lowest BCUT2D eigenvalue weighted by Crippen LogP contribution is -2.30. The number of amides is 1. The lowest BCUT2D eigenvalue weighted by atomic mass is 10.2. The number of hydrogen-bond acceptors (Lipinski definition) is 5. The van der Waals surface area contributed by atoms with Crippen molar-refractivity contribution in [2.24, 2.45) is 0 Å². The van der Waals surface area contributed by atoms with E-state index in [9.17, 15) is 9.59 Å². The standard InChI is InChI=1S/C21H19N3O3S/c25-19(22-16-9-10-16)14-27-20(26)11-8-15-13-24(17-5-2-1-3-6-17)23-21(15)18-7-4-12-28-18/h1-8,11-13,16H,9-10,14H2,(H,22,25). The topological polar surface area (TPSA) is 73.2 Å². The van der Waals surface area contributed by atoms with Crippen LogP contribution in [0.15, 0.2) is 60.1 Å². The first-order valence-corrected chi connectivity index (χ1v) is 9.90. The van der Waals surface area contributed by atoms with Gasteiger partial charge in [0.15, 0.2) is 6.61 Å². The Hall–Kier alpha value is -3.19. The summed E-state index contributed by atoms with van der Waals surface area (Å²) >= 11 is 1.58. The zero-order valence-electron chi connectivity index (χ0n) is 15.1. The summed E-state index contributed by atoms with van der Waals surface area (Å²) in [6.45, 7) is -0.263. The number of benzene rings is 1. The number of rotatable bonds is 7. The summed E-state index contributed by atoms with van der Waals surface area (Å²) in [6, 6.07) is 14.0. The molecule has 1 saturated carbocycles. The number of esters is 1. The van der Waals surface area contributed by atoms with Crippen LogP contribution in [0.5, 0.6) is 0 Å². The fraction of sp³-hybridized carbons (Fsp3) is 0.190. The molecule has 6 nitrogen and oxygen atoms in total. The molecule has 1 N–H and O–H groups in total. The van der Waals surface area contributed by atoms with Crippen molar-refractivity contribution < 1.29 is 14.3 Å². The third-order valence-electron chi connectivity index (χ3n) is 4.20. The van der Waals surface area contributed by atoms with E-state index in [4.69, 9.17) is 4.74 Å². The summed E-state index contributed by atoms with van der Waals surface area (Å²) in [7, 11) is 0. The highest BCUT2D eigenvalue weighted by atomic mass is 32.1. The van der Waals surface area contributed by atoms with Crippen molar-refractivity contribution in [1.29, 1.82) is 0 Å². The quantitative estimate of drug-likeness (QED) is 0.493. The van der Waals surface area contributed by atoms with Gasteiger partial charge in [-0.05, 0) is 42.5 Å². The monoisotopic (exact) mass is 393 g/mol. The Morgan fingerprint density at radius 2 is 2.04 bits per heavy atom. The molecule has 0 radical (unpaired) electrons. The van der Waals surface area contributed by atoms with Crippen LogP contribution in [0.3, 0.4) is 0 Å². The van der Waals surface area contributed by atoms with Crippen LogP contribution in [0.4, 0.5) is 0 Å². The van der Waals surface area contributed by atoms with Gasteiger partial charge in [0, 0.05) is 23.9 Å². The Morgan fingerprint density at radius 1 is 1.21 bits per heavy atom. The Kier molecular flexibility index (Phi) is 5.34. The van der Waals surface area contributed by atoms with Crippen molar-refractivity contribution in [2.45, 2.75) is 18.9 Å². The summed E-state index contributed by atoms with van der Waals surface area (Å²) in [5.41, 5.74) is 2.51. The molecule has 1 aliphatic rings. The fourth-order valence-corrected chi connectivity index (χ4v) is 3.40. The number of para-hydroxylation sites is 1. The number of carbonyl (C=O) groups is 2. The first-order chi connectivity index (χ1) is 13.7. The van der Waals surface area contributed by atoms with Crippen LogP contribution < -0.4 is 5.32 Å². The zero-order valence-corrected chi connectivity index (χ0v) is 15.9. The molecule has 0 atom stereocenters. The van der Waals surface area contributed by atoms with Crippen LogP contribution in [0, 0.1) is 0 Å². The molecular weight excluding hydrogens is 374 g/mol. The Labute approximate surface area is 166 Å². The molecule has 1 amide bonds. The van der Waals surface area contributed by atoms with Gasteiger partial charge < -0.3 is 10.1 Å². The summed E-state index contributed by atoms with van der Waals surface area (Å²) in [6.07, 6.45) is 6.86. The average Bonchev–Trinajstić information content (AvgIpc) is 3.20. The average molecular weight is 393 g/mol. The highest BCUT2D eigenvalue weighted by Crippen LogP contribution is 2.28. The van der Waals surface area contributed by atoms with Crippen LogP contribution in [0.1, 0.15) is 18.4 Å². The van der Waals surface area contributed by atoms with Crippen LogP contribution in [0.2, 0.25) is 0 Å². The van der Waals surface area contributed by atoms with Gasteiger partial charge in [0.1, 0.15) is 5.69 Å². The Bertz CT molecular complexity index is 989. The first-order valence-electron chi connectivity index (χ1n) is 9.02. The third-order valence-corrected chi connectivity index (χ3v) is 5.08. The number of carbonyl (C=O) groups excluding carboxylic acids is 2. The molecule has 0 unspecified atom stereocenters. The number of aromatic nitrogens is 2. The van der Waals surface area contributed by atoms with Gasteiger partial charge in [-0.3, -0.25) is 4.79 Å². The second kappa shape index (κ2) is 8.22. The van der Waals surface area contributed by atoms with Crippen molar-refractivity contribution >= 4 is 29.3 Å². The number of nitrogens with one attached hydrogen (secondary N) is 1. The Morgan fingerprint density at radius 3 is 2.75 bits per heavy atom. The summed E-state index contributed by atoms with van der Waals surface area (Å²) in [5.74, 6) is -0.823. The second-order valence-corrected chi connectivity index (χ2v) is 7.42. The molecule has 4 rings (SSSR count). The van der Waals surface area contributed by atoms with Gasteiger partial charge in [-0.2, -0.15) is 5.10 Å². The molecule has 1 aromatic carbocycles. The Balaban J connectivity index is 1.49. The van der Waals surface area contributed by atoms with Gasteiger partial charge >= 0.3 is 5.97 Å². The highest BCUT2D eigenvalue weighted by molar-refractivity contribution is 7.13. The molecule has 142 valence electrons. The van der Waals surface area contributed by atoms with Crippen molar-refractivity contribution in [1.82, 2.24) is 15.1 Å². The molecule has 1 aliphatic carbocycles. The van der Waals surface area contributed by atoms with Crippen LogP contribution in [-0.4, -0.2) is 34.3 Å². The van der Waals surface area contributed by atoms with Gasteiger partial charge in [-0.1, -0.05) is 24.3 Å². The number of hydrogen-bond donors (Lipinski definition) is 1. The van der Waals surface area contributed by atoms with Crippen LogP contribution in [0.25, 0.3) is 22.3 Å². The molecule has 1 fully saturated rings. The van der Waals surface area contributed by atoms with Crippen LogP contribution in [-0.2, 0) is 14.3 Å². The number of nitrogens with zero attached hydrogens (tertiary/aromatic N) is 2. The minimum absolute atomic E-state index is 0.249. The van der Waals surface area contributed by atoms with E-state index in [1.165, 1.54) is 6.08 Å². The molecule has 0 saturated heterocycles. The minimum atomic E-state index is -0.560. The van der Waals surface area contributed by atoms with Crippen molar-refractivity contribution in [3.05, 3.63) is 65.7 Å². The largest absolute Gasteiger partial charge is 0.452 e. The fourth-order valence-electron chi connectivity index (χ4n) is 2.67. The molecule has 0 aliphatic heterocycles. The summed E-state index contributed by atoms with van der Waals surface area (Å²) in [5, 5.41) is 9.44. The number of ether oxygens (including phenoxy) is 1. The predicted octanol–water partition coefficient (Wildman–Crippen LogP) is 3.44. The van der Waals surface area contributed by atoms with Gasteiger partial charge in [-0.15, -0.1) is 11.3 Å². The third kappa shape index (κ3) is 4.55. The molecular formula is C21H19N3O3S. The van der Waals surface area contributed by atoms with E-state index < -0.39 is 5.97 Å². The molecule has 2 heterocycles. The van der Waals surface area contributed by atoms with Gasteiger partial charge in [0.25, 0.3) is 5.91 Å². The van der Waals surface area contributed by atoms with E-state index in [1.54, 1.807) is 22.1 Å². The maximum atomic E-state index is 12.0. The number of thiophene rings is 1. The van der Waals surface area contributed by atoms with Crippen molar-refractivity contribution in [3.63, 3.8) is 0 Å². The maximum Gasteiger partial charge on any atom is 0.331 e. The van der Waals surface area contributed by atoms with Gasteiger partial charge in [0.2, 0.25) is 0 Å².